The molecule has 1 saturated heterocycles. The van der Waals surface area contributed by atoms with Crippen LogP contribution in [0.15, 0.2) is 18.3 Å². The Hall–Kier alpha value is -2.35. The fourth-order valence-electron chi connectivity index (χ4n) is 7.54. The van der Waals surface area contributed by atoms with Gasteiger partial charge in [0.15, 0.2) is 0 Å². The van der Waals surface area contributed by atoms with Gasteiger partial charge in [0.25, 0.3) is 5.91 Å². The average molecular weight is 471 g/mol. The summed E-state index contributed by atoms with van der Waals surface area (Å²) in [6, 6.07) is 3.46. The van der Waals surface area contributed by atoms with Crippen molar-refractivity contribution in [2.45, 2.75) is 82.5 Å². The van der Waals surface area contributed by atoms with Crippen LogP contribution in [0.5, 0.6) is 0 Å². The topological polar surface area (TPSA) is 106 Å². The van der Waals surface area contributed by atoms with E-state index in [1.54, 1.807) is 29.1 Å². The van der Waals surface area contributed by atoms with E-state index in [0.29, 0.717) is 35.7 Å². The third-order valence-corrected chi connectivity index (χ3v) is 9.06. The van der Waals surface area contributed by atoms with Crippen molar-refractivity contribution in [2.75, 3.05) is 18.9 Å². The van der Waals surface area contributed by atoms with Gasteiger partial charge in [-0.15, -0.1) is 0 Å². The predicted octanol–water partition coefficient (Wildman–Crippen LogP) is 3.67. The third-order valence-electron chi connectivity index (χ3n) is 9.06. The van der Waals surface area contributed by atoms with Crippen molar-refractivity contribution >= 4 is 17.8 Å². The number of anilines is 1. The Kier molecular flexibility index (Phi) is 5.58. The molecule has 0 spiro atoms. The maximum Gasteiger partial charge on any atom is 0.407 e. The maximum atomic E-state index is 12.8. The minimum atomic E-state index is -0.860. The van der Waals surface area contributed by atoms with Crippen LogP contribution in [0.25, 0.3) is 0 Å². The summed E-state index contributed by atoms with van der Waals surface area (Å²) in [7, 11) is 1.79. The van der Waals surface area contributed by atoms with Gasteiger partial charge in [0.05, 0.1) is 23.2 Å². The first-order valence-electron chi connectivity index (χ1n) is 12.7. The van der Waals surface area contributed by atoms with E-state index < -0.39 is 11.7 Å². The molecule has 8 nitrogen and oxygen atoms in total. The summed E-state index contributed by atoms with van der Waals surface area (Å²) >= 11 is 0. The molecule has 6 rings (SSSR count). The standard InChI is InChI=1S/C26H38N4O4/c1-25(2,3)29(4)23(31)16-5-6-20(27-14-16)28-19-7-8-30(24(32)33)22(19)21-17-9-15-10-18(21)13-26(34,11-15)12-17/h5-6,14-15,17-19,21-22,34H,7-13H2,1-4H3,(H,27,28)(H,32,33)/t15?,17-,18?,19?,21?,22?,26?/m0/s1. The lowest BCUT2D eigenvalue weighted by atomic mass is 9.48. The zero-order valence-electron chi connectivity index (χ0n) is 20.7. The summed E-state index contributed by atoms with van der Waals surface area (Å²) in [4.78, 5) is 32.8. The van der Waals surface area contributed by atoms with E-state index in [4.69, 9.17) is 0 Å². The Balaban J connectivity index is 1.34. The van der Waals surface area contributed by atoms with Crippen molar-refractivity contribution in [1.82, 2.24) is 14.8 Å². The number of carboxylic acid groups (broad SMARTS) is 1. The number of amides is 2. The summed E-state index contributed by atoms with van der Waals surface area (Å²) in [6.07, 6.45) is 6.21. The minimum absolute atomic E-state index is 0.0282. The Bertz CT molecular complexity index is 943. The van der Waals surface area contributed by atoms with Crippen LogP contribution < -0.4 is 5.32 Å². The quantitative estimate of drug-likeness (QED) is 0.620. The molecular weight excluding hydrogens is 432 g/mol. The molecule has 2 heterocycles. The molecule has 2 amide bonds. The van der Waals surface area contributed by atoms with Crippen molar-refractivity contribution < 1.29 is 19.8 Å². The fourth-order valence-corrected chi connectivity index (χ4v) is 7.54. The van der Waals surface area contributed by atoms with Gasteiger partial charge in [-0.25, -0.2) is 9.78 Å². The molecule has 5 aliphatic rings. The van der Waals surface area contributed by atoms with E-state index >= 15 is 0 Å². The van der Waals surface area contributed by atoms with Gasteiger partial charge in [0.1, 0.15) is 5.82 Å². The second kappa shape index (κ2) is 8.11. The largest absolute Gasteiger partial charge is 0.465 e. The Morgan fingerprint density at radius 2 is 1.85 bits per heavy atom. The van der Waals surface area contributed by atoms with Crippen molar-refractivity contribution in [3.05, 3.63) is 23.9 Å². The highest BCUT2D eigenvalue weighted by atomic mass is 16.4. The van der Waals surface area contributed by atoms with Crippen LogP contribution in [0.1, 0.15) is 69.7 Å². The number of pyridine rings is 1. The van der Waals surface area contributed by atoms with Crippen molar-refractivity contribution in [1.29, 1.82) is 0 Å². The summed E-state index contributed by atoms with van der Waals surface area (Å²) < 4.78 is 0. The first-order valence-corrected chi connectivity index (χ1v) is 12.7. The molecule has 0 aromatic carbocycles. The van der Waals surface area contributed by atoms with Crippen molar-refractivity contribution in [2.24, 2.45) is 23.7 Å². The monoisotopic (exact) mass is 470 g/mol. The summed E-state index contributed by atoms with van der Waals surface area (Å²) in [5, 5.41) is 24.5. The van der Waals surface area contributed by atoms with E-state index in [0.717, 1.165) is 38.5 Å². The molecule has 4 aliphatic carbocycles. The van der Waals surface area contributed by atoms with Crippen LogP contribution >= 0.6 is 0 Å². The first kappa shape index (κ1) is 23.4. The highest BCUT2D eigenvalue weighted by molar-refractivity contribution is 5.94. The second-order valence-corrected chi connectivity index (χ2v) is 12.2. The molecule has 6 unspecified atom stereocenters. The summed E-state index contributed by atoms with van der Waals surface area (Å²) in [5.74, 6) is 2.21. The van der Waals surface area contributed by atoms with E-state index in [9.17, 15) is 19.8 Å². The van der Waals surface area contributed by atoms with Gasteiger partial charge in [0.2, 0.25) is 0 Å². The molecule has 5 fully saturated rings. The van der Waals surface area contributed by atoms with Gasteiger partial charge in [-0.3, -0.25) is 4.79 Å². The average Bonchev–Trinajstić information content (AvgIpc) is 3.14. The van der Waals surface area contributed by atoms with Crippen LogP contribution in [-0.4, -0.2) is 73.8 Å². The molecule has 8 heteroatoms. The SMILES string of the molecule is CN(C(=O)c1ccc(NC2CCN(C(=O)O)C2C2C3CC4C[C@H]2CC(O)(C4)C3)nc1)C(C)(C)C. The molecule has 0 radical (unpaired) electrons. The summed E-state index contributed by atoms with van der Waals surface area (Å²) in [6.45, 7) is 6.48. The normalized spacial score (nSPS) is 36.6. The molecular formula is C26H38N4O4. The smallest absolute Gasteiger partial charge is 0.407 e. The zero-order valence-corrected chi connectivity index (χ0v) is 20.7. The van der Waals surface area contributed by atoms with Gasteiger partial charge >= 0.3 is 6.09 Å². The third kappa shape index (κ3) is 4.04. The molecule has 1 aliphatic heterocycles. The number of rotatable bonds is 4. The fraction of sp³-hybridized carbons (Fsp3) is 0.731. The number of likely N-dealkylation sites (tertiary alicyclic amines) is 1. The van der Waals surface area contributed by atoms with Crippen LogP contribution in [0.3, 0.4) is 0 Å². The van der Waals surface area contributed by atoms with Gasteiger partial charge in [-0.05, 0) is 95.1 Å². The highest BCUT2D eigenvalue weighted by Gasteiger charge is 2.59. The van der Waals surface area contributed by atoms with Gasteiger partial charge in [-0.1, -0.05) is 0 Å². The van der Waals surface area contributed by atoms with Crippen molar-refractivity contribution in [3.8, 4) is 0 Å². The minimum Gasteiger partial charge on any atom is -0.465 e. The number of aliphatic hydroxyl groups is 1. The lowest BCUT2D eigenvalue weighted by Gasteiger charge is -2.60. The molecule has 34 heavy (non-hydrogen) atoms. The Labute approximate surface area is 201 Å². The maximum absolute atomic E-state index is 12.8. The molecule has 1 aromatic heterocycles. The van der Waals surface area contributed by atoms with Gasteiger partial charge < -0.3 is 25.3 Å². The van der Waals surface area contributed by atoms with Gasteiger partial charge in [-0.2, -0.15) is 0 Å². The highest BCUT2D eigenvalue weighted by Crippen LogP contribution is 2.60. The molecule has 186 valence electrons. The first-order chi connectivity index (χ1) is 15.9. The second-order valence-electron chi connectivity index (χ2n) is 12.2. The molecule has 7 atom stereocenters. The van der Waals surface area contributed by atoms with E-state index in [1.165, 1.54) is 0 Å². The lowest BCUT2D eigenvalue weighted by molar-refractivity contribution is -0.162. The molecule has 3 N–H and O–H groups in total. The number of nitrogens with zero attached hydrogens (tertiary/aromatic N) is 3. The van der Waals surface area contributed by atoms with E-state index in [1.807, 2.05) is 26.8 Å². The number of hydrogen-bond acceptors (Lipinski definition) is 5. The van der Waals surface area contributed by atoms with Gasteiger partial charge in [0, 0.05) is 25.3 Å². The van der Waals surface area contributed by atoms with Crippen LogP contribution in [0, 0.1) is 23.7 Å². The van der Waals surface area contributed by atoms with Crippen LogP contribution in [-0.2, 0) is 0 Å². The molecule has 4 bridgehead atoms. The number of aromatic nitrogens is 1. The number of nitrogens with one attached hydrogen (secondary N) is 1. The Morgan fingerprint density at radius 3 is 2.38 bits per heavy atom. The molecule has 4 saturated carbocycles. The number of hydrogen-bond donors (Lipinski definition) is 3. The van der Waals surface area contributed by atoms with E-state index in [2.05, 4.69) is 10.3 Å². The zero-order chi connectivity index (χ0) is 24.4. The van der Waals surface area contributed by atoms with Crippen LogP contribution in [0.2, 0.25) is 0 Å². The number of carbonyl (C=O) groups excluding carboxylic acids is 1. The Morgan fingerprint density at radius 1 is 1.18 bits per heavy atom. The predicted molar refractivity (Wildman–Crippen MR) is 129 cm³/mol. The van der Waals surface area contributed by atoms with E-state index in [-0.39, 0.29) is 29.4 Å². The molecule has 1 aromatic rings. The van der Waals surface area contributed by atoms with Crippen molar-refractivity contribution in [3.63, 3.8) is 0 Å². The number of carbonyl (C=O) groups is 2. The summed E-state index contributed by atoms with van der Waals surface area (Å²) in [5.41, 5.74) is -0.281. The lowest BCUT2D eigenvalue weighted by Crippen LogP contribution is -2.61. The van der Waals surface area contributed by atoms with Crippen LogP contribution in [0.4, 0.5) is 10.6 Å².